The molecule has 1 N–H and O–H groups in total. The molecule has 6 heteroatoms. The number of hydrogen-bond acceptors (Lipinski definition) is 4. The highest BCUT2D eigenvalue weighted by Gasteiger charge is 2.19. The van der Waals surface area contributed by atoms with Crippen molar-refractivity contribution in [2.24, 2.45) is 0 Å². The van der Waals surface area contributed by atoms with Crippen LogP contribution in [0.25, 0.3) is 0 Å². The minimum absolute atomic E-state index is 0.303. The maximum atomic E-state index is 11.1. The summed E-state index contributed by atoms with van der Waals surface area (Å²) in [4.78, 5) is 21.8. The number of carbonyl (C=O) groups is 2. The first kappa shape index (κ1) is 13.1. The smallest absolute Gasteiger partial charge is 0.328 e. The van der Waals surface area contributed by atoms with Crippen LogP contribution in [0.5, 0.6) is 0 Å². The second-order valence-corrected chi connectivity index (χ2v) is 4.40. The van der Waals surface area contributed by atoms with Gasteiger partial charge in [0.2, 0.25) is 5.91 Å². The summed E-state index contributed by atoms with van der Waals surface area (Å²) in [6.07, 6.45) is 1.87. The first-order chi connectivity index (χ1) is 6.47. The van der Waals surface area contributed by atoms with Gasteiger partial charge in [0.05, 0.1) is 7.11 Å². The highest BCUT2D eigenvalue weighted by atomic mass is 32.2. The largest absolute Gasteiger partial charge is 0.467 e. The third kappa shape index (κ3) is 5.69. The Bertz CT molecular complexity index is 241. The van der Waals surface area contributed by atoms with E-state index in [4.69, 9.17) is 0 Å². The summed E-state index contributed by atoms with van der Waals surface area (Å²) >= 11 is 0. The normalized spacial score (nSPS) is 14.2. The quantitative estimate of drug-likeness (QED) is 0.631. The molecule has 1 amide bonds. The van der Waals surface area contributed by atoms with Crippen molar-refractivity contribution in [2.45, 2.75) is 19.4 Å². The maximum absolute atomic E-state index is 11.1. The van der Waals surface area contributed by atoms with Crippen LogP contribution < -0.4 is 5.32 Å². The third-order valence-electron chi connectivity index (χ3n) is 1.56. The topological polar surface area (TPSA) is 72.5 Å². The molecule has 82 valence electrons. The van der Waals surface area contributed by atoms with E-state index in [0.29, 0.717) is 12.2 Å². The maximum Gasteiger partial charge on any atom is 0.328 e. The van der Waals surface area contributed by atoms with Gasteiger partial charge in [-0.15, -0.1) is 0 Å². The van der Waals surface area contributed by atoms with Gasteiger partial charge in [-0.3, -0.25) is 9.00 Å². The molecule has 0 spiro atoms. The fourth-order valence-corrected chi connectivity index (χ4v) is 1.49. The summed E-state index contributed by atoms with van der Waals surface area (Å²) in [5.74, 6) is -0.451. The summed E-state index contributed by atoms with van der Waals surface area (Å²) < 4.78 is 15.3. The molecule has 0 saturated carbocycles. The van der Waals surface area contributed by atoms with Gasteiger partial charge in [0, 0.05) is 29.7 Å². The van der Waals surface area contributed by atoms with Gasteiger partial charge in [0.1, 0.15) is 6.04 Å². The van der Waals surface area contributed by atoms with Crippen molar-refractivity contribution >= 4 is 22.7 Å². The van der Waals surface area contributed by atoms with E-state index in [1.165, 1.54) is 14.0 Å². The van der Waals surface area contributed by atoms with Gasteiger partial charge in [-0.05, 0) is 6.42 Å². The van der Waals surface area contributed by atoms with Crippen LogP contribution in [0.2, 0.25) is 0 Å². The summed E-state index contributed by atoms with van der Waals surface area (Å²) in [5, 5.41) is 2.44. The van der Waals surface area contributed by atoms with Gasteiger partial charge in [0.15, 0.2) is 0 Å². The lowest BCUT2D eigenvalue weighted by Crippen LogP contribution is -2.41. The van der Waals surface area contributed by atoms with Crippen molar-refractivity contribution in [2.75, 3.05) is 19.1 Å². The highest BCUT2D eigenvalue weighted by molar-refractivity contribution is 7.84. The molecule has 0 bridgehead atoms. The highest BCUT2D eigenvalue weighted by Crippen LogP contribution is 1.96. The van der Waals surface area contributed by atoms with Crippen LogP contribution >= 0.6 is 0 Å². The van der Waals surface area contributed by atoms with E-state index in [9.17, 15) is 13.8 Å². The van der Waals surface area contributed by atoms with Crippen molar-refractivity contribution in [3.8, 4) is 0 Å². The van der Waals surface area contributed by atoms with Gasteiger partial charge in [-0.1, -0.05) is 0 Å². The molecule has 14 heavy (non-hydrogen) atoms. The Morgan fingerprint density at radius 2 is 2.07 bits per heavy atom. The lowest BCUT2D eigenvalue weighted by Gasteiger charge is -2.14. The third-order valence-corrected chi connectivity index (χ3v) is 2.37. The zero-order valence-corrected chi connectivity index (χ0v) is 9.35. The number of esters is 1. The van der Waals surface area contributed by atoms with Crippen LogP contribution in [0.3, 0.4) is 0 Å². The first-order valence-electron chi connectivity index (χ1n) is 4.12. The number of nitrogens with one attached hydrogen (secondary N) is 1. The molecular formula is C8H15NO4S. The lowest BCUT2D eigenvalue weighted by molar-refractivity contribution is -0.144. The Hall–Kier alpha value is -0.910. The molecular weight excluding hydrogens is 206 g/mol. The molecule has 2 atom stereocenters. The Labute approximate surface area is 85.7 Å². The second kappa shape index (κ2) is 6.53. The van der Waals surface area contributed by atoms with Gasteiger partial charge in [-0.2, -0.15) is 0 Å². The Morgan fingerprint density at radius 1 is 1.50 bits per heavy atom. The lowest BCUT2D eigenvalue weighted by atomic mass is 10.2. The Morgan fingerprint density at radius 3 is 2.43 bits per heavy atom. The minimum atomic E-state index is -0.979. The van der Waals surface area contributed by atoms with Gasteiger partial charge in [-0.25, -0.2) is 4.79 Å². The molecule has 0 aromatic carbocycles. The van der Waals surface area contributed by atoms with Crippen LogP contribution in [-0.4, -0.2) is 41.2 Å². The molecule has 0 aromatic heterocycles. The molecule has 1 unspecified atom stereocenters. The zero-order chi connectivity index (χ0) is 11.1. The zero-order valence-electron chi connectivity index (χ0n) is 8.53. The van der Waals surface area contributed by atoms with E-state index in [1.54, 1.807) is 6.26 Å². The van der Waals surface area contributed by atoms with Crippen molar-refractivity contribution in [1.29, 1.82) is 0 Å². The summed E-state index contributed by atoms with van der Waals surface area (Å²) in [6.45, 7) is 1.32. The van der Waals surface area contributed by atoms with Crippen LogP contribution in [0.1, 0.15) is 13.3 Å². The molecule has 0 rings (SSSR count). The van der Waals surface area contributed by atoms with E-state index in [-0.39, 0.29) is 5.91 Å². The van der Waals surface area contributed by atoms with E-state index in [2.05, 4.69) is 10.1 Å². The predicted octanol–water partition coefficient (Wildman–Crippen LogP) is -0.567. The van der Waals surface area contributed by atoms with E-state index in [0.717, 1.165) is 0 Å². The van der Waals surface area contributed by atoms with Crippen molar-refractivity contribution in [3.05, 3.63) is 0 Å². The average molecular weight is 221 g/mol. The van der Waals surface area contributed by atoms with E-state index < -0.39 is 22.8 Å². The van der Waals surface area contributed by atoms with Crippen LogP contribution in [0, 0.1) is 0 Å². The summed E-state index contributed by atoms with van der Waals surface area (Å²) in [5.41, 5.74) is 0. The number of methoxy groups -OCH3 is 1. The first-order valence-corrected chi connectivity index (χ1v) is 5.85. The molecule has 0 radical (unpaired) electrons. The molecule has 5 nitrogen and oxygen atoms in total. The Kier molecular flexibility index (Phi) is 6.11. The van der Waals surface area contributed by atoms with Crippen molar-refractivity contribution < 1.29 is 18.5 Å². The van der Waals surface area contributed by atoms with Crippen LogP contribution in [0.15, 0.2) is 0 Å². The molecule has 0 aliphatic heterocycles. The second-order valence-electron chi connectivity index (χ2n) is 2.84. The molecule has 0 aliphatic rings. The molecule has 0 aliphatic carbocycles. The molecule has 0 fully saturated rings. The van der Waals surface area contributed by atoms with Gasteiger partial charge in [0.25, 0.3) is 0 Å². The van der Waals surface area contributed by atoms with Crippen LogP contribution in [0.4, 0.5) is 0 Å². The minimum Gasteiger partial charge on any atom is -0.467 e. The average Bonchev–Trinajstić information content (AvgIpc) is 2.10. The number of rotatable bonds is 5. The Balaban J connectivity index is 4.17. The number of amides is 1. The molecule has 0 saturated heterocycles. The van der Waals surface area contributed by atoms with E-state index in [1.807, 2.05) is 0 Å². The monoisotopic (exact) mass is 221 g/mol. The SMILES string of the molecule is COC(=O)[C@H](CCS(C)=O)NC(C)=O. The molecule has 0 heterocycles. The van der Waals surface area contributed by atoms with E-state index >= 15 is 0 Å². The van der Waals surface area contributed by atoms with Crippen molar-refractivity contribution in [3.63, 3.8) is 0 Å². The molecule has 0 aromatic rings. The summed E-state index contributed by atoms with van der Waals surface area (Å²) in [7, 11) is 0.271. The predicted molar refractivity (Wildman–Crippen MR) is 53.2 cm³/mol. The van der Waals surface area contributed by atoms with Gasteiger partial charge < -0.3 is 10.1 Å². The van der Waals surface area contributed by atoms with Crippen molar-refractivity contribution in [1.82, 2.24) is 5.32 Å². The number of carbonyl (C=O) groups excluding carboxylic acids is 2. The standard InChI is InChI=1S/C8H15NO4S/c1-6(10)9-7(8(11)13-2)4-5-14(3)12/h7H,4-5H2,1-3H3,(H,9,10)/t7-,14?/m0/s1. The fraction of sp³-hybridized carbons (Fsp3) is 0.750. The number of hydrogen-bond donors (Lipinski definition) is 1. The van der Waals surface area contributed by atoms with Gasteiger partial charge >= 0.3 is 5.97 Å². The fourth-order valence-electron chi connectivity index (χ4n) is 0.920. The summed E-state index contributed by atoms with van der Waals surface area (Å²) in [6, 6.07) is -0.693. The van der Waals surface area contributed by atoms with Crippen LogP contribution in [-0.2, 0) is 25.1 Å². The number of ether oxygens (including phenoxy) is 1.